The number of nitrogens with zero attached hydrogens (tertiary/aromatic N) is 1. The van der Waals surface area contributed by atoms with Gasteiger partial charge >= 0.3 is 0 Å². The normalized spacial score (nSPS) is 11.5. The third kappa shape index (κ3) is 7.14. The molecular weight excluding hydrogens is 467 g/mol. The molecule has 0 unspecified atom stereocenters. The number of carbonyl (C=O) groups is 2. The van der Waals surface area contributed by atoms with Crippen LogP contribution in [0.5, 0.6) is 5.75 Å². The number of benzene rings is 2. The lowest BCUT2D eigenvalue weighted by atomic mass is 10.1. The first-order valence-electron chi connectivity index (χ1n) is 9.50. The quantitative estimate of drug-likeness (QED) is 0.513. The molecule has 0 bridgehead atoms. The number of rotatable bonds is 10. The lowest BCUT2D eigenvalue weighted by molar-refractivity contribution is -0.141. The Morgan fingerprint density at radius 1 is 1.11 bits per heavy atom. The molecule has 0 fully saturated rings. The second-order valence-electron chi connectivity index (χ2n) is 6.53. The molecule has 150 valence electrons. The molecule has 2 rings (SSSR count). The van der Waals surface area contributed by atoms with Gasteiger partial charge in [0.25, 0.3) is 5.91 Å². The van der Waals surface area contributed by atoms with Crippen LogP contribution in [0.4, 0.5) is 0 Å². The van der Waals surface area contributed by atoms with Crippen LogP contribution < -0.4 is 10.1 Å². The molecule has 6 heteroatoms. The first-order chi connectivity index (χ1) is 13.5. The van der Waals surface area contributed by atoms with Crippen LogP contribution in [0.1, 0.15) is 25.8 Å². The van der Waals surface area contributed by atoms with E-state index >= 15 is 0 Å². The van der Waals surface area contributed by atoms with Crippen molar-refractivity contribution in [1.29, 1.82) is 0 Å². The Hall–Kier alpha value is -2.09. The minimum atomic E-state index is -0.553. The number of nitrogens with one attached hydrogen (secondary N) is 1. The van der Waals surface area contributed by atoms with Crippen LogP contribution in [-0.4, -0.2) is 42.5 Å². The molecule has 0 spiro atoms. The lowest BCUT2D eigenvalue weighted by Crippen LogP contribution is -2.50. The van der Waals surface area contributed by atoms with Gasteiger partial charge in [0.1, 0.15) is 11.8 Å². The Labute approximate surface area is 180 Å². The highest BCUT2D eigenvalue weighted by Crippen LogP contribution is 2.14. The smallest absolute Gasteiger partial charge is 0.261 e. The van der Waals surface area contributed by atoms with Gasteiger partial charge in [-0.2, -0.15) is 0 Å². The van der Waals surface area contributed by atoms with E-state index in [9.17, 15) is 9.59 Å². The number of hydrogen-bond donors (Lipinski definition) is 1. The maximum absolute atomic E-state index is 12.8. The third-order valence-electron chi connectivity index (χ3n) is 4.38. The number of ether oxygens (including phenoxy) is 1. The summed E-state index contributed by atoms with van der Waals surface area (Å²) in [5.41, 5.74) is 1.13. The van der Waals surface area contributed by atoms with E-state index in [1.54, 1.807) is 11.8 Å². The third-order valence-corrected chi connectivity index (χ3v) is 5.10. The molecule has 2 amide bonds. The standard InChI is InChI=1S/C22H27IN2O3/c1-3-14-24-22(27)17(2)25(15-13-18-7-5-4-6-8-18)21(26)16-28-20-11-9-19(23)10-12-20/h4-12,17H,3,13-16H2,1-2H3,(H,24,27)/t17-/m0/s1. The van der Waals surface area contributed by atoms with Gasteiger partial charge in [-0.1, -0.05) is 37.3 Å². The summed E-state index contributed by atoms with van der Waals surface area (Å²) in [4.78, 5) is 26.9. The van der Waals surface area contributed by atoms with Crippen molar-refractivity contribution < 1.29 is 14.3 Å². The summed E-state index contributed by atoms with van der Waals surface area (Å²) in [6.45, 7) is 4.72. The van der Waals surface area contributed by atoms with Crippen molar-refractivity contribution in [2.75, 3.05) is 19.7 Å². The van der Waals surface area contributed by atoms with Gasteiger partial charge in [-0.05, 0) is 72.2 Å². The number of carbonyl (C=O) groups excluding carboxylic acids is 2. The Morgan fingerprint density at radius 3 is 2.43 bits per heavy atom. The van der Waals surface area contributed by atoms with Crippen LogP contribution in [-0.2, 0) is 16.0 Å². The number of hydrogen-bond acceptors (Lipinski definition) is 3. The molecule has 0 radical (unpaired) electrons. The summed E-state index contributed by atoms with van der Waals surface area (Å²) in [5, 5.41) is 2.87. The molecule has 2 aromatic rings. The molecule has 0 aliphatic carbocycles. The van der Waals surface area contributed by atoms with Crippen molar-refractivity contribution in [2.45, 2.75) is 32.7 Å². The molecule has 0 saturated carbocycles. The molecule has 0 aromatic heterocycles. The number of halogens is 1. The van der Waals surface area contributed by atoms with Crippen molar-refractivity contribution in [3.63, 3.8) is 0 Å². The largest absolute Gasteiger partial charge is 0.484 e. The summed E-state index contributed by atoms with van der Waals surface area (Å²) < 4.78 is 6.74. The highest BCUT2D eigenvalue weighted by molar-refractivity contribution is 14.1. The van der Waals surface area contributed by atoms with E-state index in [0.29, 0.717) is 25.3 Å². The van der Waals surface area contributed by atoms with Gasteiger partial charge in [-0.15, -0.1) is 0 Å². The molecule has 28 heavy (non-hydrogen) atoms. The zero-order valence-electron chi connectivity index (χ0n) is 16.4. The molecule has 1 N–H and O–H groups in total. The van der Waals surface area contributed by atoms with Crippen LogP contribution in [0.2, 0.25) is 0 Å². The predicted octanol–water partition coefficient (Wildman–Crippen LogP) is 3.66. The topological polar surface area (TPSA) is 58.6 Å². The summed E-state index contributed by atoms with van der Waals surface area (Å²) in [6.07, 6.45) is 1.54. The molecule has 0 saturated heterocycles. The molecule has 2 aromatic carbocycles. The maximum Gasteiger partial charge on any atom is 0.261 e. The fraction of sp³-hybridized carbons (Fsp3) is 0.364. The molecular formula is C22H27IN2O3. The van der Waals surface area contributed by atoms with E-state index in [1.165, 1.54) is 0 Å². The Bertz CT molecular complexity index is 750. The highest BCUT2D eigenvalue weighted by Gasteiger charge is 2.25. The second kappa shape index (κ2) is 11.7. The summed E-state index contributed by atoms with van der Waals surface area (Å²) >= 11 is 2.22. The van der Waals surface area contributed by atoms with Crippen LogP contribution in [0.25, 0.3) is 0 Å². The van der Waals surface area contributed by atoms with Crippen LogP contribution in [0, 0.1) is 3.57 Å². The fourth-order valence-electron chi connectivity index (χ4n) is 2.72. The van der Waals surface area contributed by atoms with Gasteiger partial charge in [0.2, 0.25) is 5.91 Å². The maximum atomic E-state index is 12.8. The van der Waals surface area contributed by atoms with Gasteiger partial charge in [0.05, 0.1) is 0 Å². The zero-order chi connectivity index (χ0) is 20.4. The molecule has 5 nitrogen and oxygen atoms in total. The van der Waals surface area contributed by atoms with Crippen LogP contribution in [0.3, 0.4) is 0 Å². The Morgan fingerprint density at radius 2 is 1.79 bits per heavy atom. The summed E-state index contributed by atoms with van der Waals surface area (Å²) in [5.74, 6) is 0.297. The molecule has 0 aliphatic heterocycles. The van der Waals surface area contributed by atoms with Crippen molar-refractivity contribution in [3.05, 3.63) is 63.7 Å². The van der Waals surface area contributed by atoms with Gasteiger partial charge in [0.15, 0.2) is 6.61 Å². The van der Waals surface area contributed by atoms with Crippen molar-refractivity contribution in [2.24, 2.45) is 0 Å². The van der Waals surface area contributed by atoms with Crippen molar-refractivity contribution in [1.82, 2.24) is 10.2 Å². The SMILES string of the molecule is CCCNC(=O)[C@H](C)N(CCc1ccccc1)C(=O)COc1ccc(I)cc1. The second-order valence-corrected chi connectivity index (χ2v) is 7.78. The minimum absolute atomic E-state index is 0.0964. The predicted molar refractivity (Wildman–Crippen MR) is 119 cm³/mol. The Balaban J connectivity index is 2.03. The van der Waals surface area contributed by atoms with Gasteiger partial charge < -0.3 is 15.0 Å². The van der Waals surface area contributed by atoms with E-state index in [4.69, 9.17) is 4.74 Å². The van der Waals surface area contributed by atoms with E-state index < -0.39 is 6.04 Å². The van der Waals surface area contributed by atoms with E-state index in [1.807, 2.05) is 61.5 Å². The van der Waals surface area contributed by atoms with Gasteiger partial charge in [-0.3, -0.25) is 9.59 Å². The average molecular weight is 494 g/mol. The summed E-state index contributed by atoms with van der Waals surface area (Å²) in [7, 11) is 0. The van der Waals surface area contributed by atoms with Crippen molar-refractivity contribution >= 4 is 34.4 Å². The highest BCUT2D eigenvalue weighted by atomic mass is 127. The van der Waals surface area contributed by atoms with E-state index in [0.717, 1.165) is 15.6 Å². The Kier molecular flexibility index (Phi) is 9.27. The first kappa shape index (κ1) is 22.2. The van der Waals surface area contributed by atoms with E-state index in [2.05, 4.69) is 27.9 Å². The van der Waals surface area contributed by atoms with E-state index in [-0.39, 0.29) is 18.4 Å². The lowest BCUT2D eigenvalue weighted by Gasteiger charge is -2.28. The molecule has 1 atom stereocenters. The van der Waals surface area contributed by atoms with Crippen LogP contribution >= 0.6 is 22.6 Å². The summed E-state index contributed by atoms with van der Waals surface area (Å²) in [6, 6.07) is 16.9. The molecule has 0 aliphatic rings. The van der Waals surface area contributed by atoms with Crippen LogP contribution in [0.15, 0.2) is 54.6 Å². The minimum Gasteiger partial charge on any atom is -0.484 e. The van der Waals surface area contributed by atoms with Gasteiger partial charge in [-0.25, -0.2) is 0 Å². The molecule has 0 heterocycles. The first-order valence-corrected chi connectivity index (χ1v) is 10.6. The van der Waals surface area contributed by atoms with Gasteiger partial charge in [0, 0.05) is 16.7 Å². The fourth-order valence-corrected chi connectivity index (χ4v) is 3.08. The zero-order valence-corrected chi connectivity index (χ0v) is 18.5. The average Bonchev–Trinajstić information content (AvgIpc) is 2.72. The monoisotopic (exact) mass is 494 g/mol. The number of amides is 2. The van der Waals surface area contributed by atoms with Crippen molar-refractivity contribution in [3.8, 4) is 5.75 Å².